The number of aliphatic hydroxyl groups excluding tert-OH is 1. The van der Waals surface area contributed by atoms with Crippen LogP contribution < -0.4 is 0 Å². The van der Waals surface area contributed by atoms with Crippen molar-refractivity contribution in [1.29, 1.82) is 0 Å². The first kappa shape index (κ1) is 39.4. The second-order valence-corrected chi connectivity index (χ2v) is 13.3. The molecule has 1 N–H and O–H groups in total. The van der Waals surface area contributed by atoms with E-state index >= 15 is 0 Å². The minimum Gasteiger partial charge on any atom is -0.394 e. The van der Waals surface area contributed by atoms with E-state index in [9.17, 15) is 9.59 Å². The first-order valence-electron chi connectivity index (χ1n) is 13.5. The van der Waals surface area contributed by atoms with Crippen molar-refractivity contribution in [1.82, 2.24) is 9.34 Å². The molecule has 0 aliphatic rings. The number of hydrogen-bond donors (Lipinski definition) is 1. The molecule has 0 spiro atoms. The van der Waals surface area contributed by atoms with Gasteiger partial charge in [-0.2, -0.15) is 0 Å². The Hall–Kier alpha value is 0.230. The smallest absolute Gasteiger partial charge is 0.189 e. The highest BCUT2D eigenvalue weighted by Gasteiger charge is 2.34. The number of nitrogens with zero attached hydrogens (tertiary/aromatic N) is 2. The topological polar surface area (TPSA) is 88.5 Å². The molecule has 0 bridgehead atoms. The Morgan fingerprint density at radius 1 is 0.676 bits per heavy atom. The number of hydrogen-bond acceptors (Lipinski definition) is 10. The highest BCUT2D eigenvalue weighted by molar-refractivity contribution is 8.13. The largest absolute Gasteiger partial charge is 0.394 e. The van der Waals surface area contributed by atoms with E-state index in [2.05, 4.69) is 64.7 Å². The van der Waals surface area contributed by atoms with Crippen LogP contribution in [0.25, 0.3) is 0 Å². The lowest BCUT2D eigenvalue weighted by molar-refractivity contribution is -0.111. The third-order valence-corrected chi connectivity index (χ3v) is 9.75. The molecule has 0 aromatic heterocycles. The fraction of sp³-hybridized carbons (Fsp3) is 0.923. The van der Waals surface area contributed by atoms with E-state index in [-0.39, 0.29) is 16.8 Å². The lowest BCUT2D eigenvalue weighted by atomic mass is 10.3. The Balaban J connectivity index is 0. The van der Waals surface area contributed by atoms with Gasteiger partial charge in [0.2, 0.25) is 0 Å². The minimum atomic E-state index is -0.855. The van der Waals surface area contributed by atoms with E-state index in [1.807, 2.05) is 13.8 Å². The van der Waals surface area contributed by atoms with Gasteiger partial charge >= 0.3 is 0 Å². The van der Waals surface area contributed by atoms with Crippen molar-refractivity contribution < 1.29 is 28.7 Å². The Morgan fingerprint density at radius 2 is 1.05 bits per heavy atom. The van der Waals surface area contributed by atoms with Crippen LogP contribution in [0.1, 0.15) is 82.1 Å². The summed E-state index contributed by atoms with van der Waals surface area (Å²) in [7, 11) is -0.855. The van der Waals surface area contributed by atoms with Gasteiger partial charge in [-0.3, -0.25) is 9.59 Å². The molecule has 0 aromatic rings. The average Bonchev–Trinajstić information content (AvgIpc) is 2.82. The zero-order valence-corrected chi connectivity index (χ0v) is 27.6. The van der Waals surface area contributed by atoms with Crippen LogP contribution in [-0.2, 0) is 23.6 Å². The van der Waals surface area contributed by atoms with Crippen molar-refractivity contribution in [3.8, 4) is 0 Å². The predicted molar refractivity (Wildman–Crippen MR) is 161 cm³/mol. The molecular formula is C26H55N2O6PS2. The van der Waals surface area contributed by atoms with Crippen molar-refractivity contribution in [3.63, 3.8) is 0 Å². The first-order chi connectivity index (χ1) is 17.4. The number of thioether (sulfide) groups is 2. The second kappa shape index (κ2) is 25.2. The fourth-order valence-corrected chi connectivity index (χ4v) is 6.90. The molecule has 0 amide bonds. The molecule has 0 fully saturated rings. The molecular weight excluding hydrogens is 531 g/mol. The van der Waals surface area contributed by atoms with Crippen molar-refractivity contribution in [3.05, 3.63) is 0 Å². The maximum Gasteiger partial charge on any atom is 0.189 e. The maximum atomic E-state index is 11.3. The molecule has 0 aliphatic heterocycles. The van der Waals surface area contributed by atoms with Crippen molar-refractivity contribution in [2.45, 2.75) is 106 Å². The monoisotopic (exact) mass is 586 g/mol. The molecule has 222 valence electrons. The van der Waals surface area contributed by atoms with Crippen molar-refractivity contribution >= 4 is 42.2 Å². The van der Waals surface area contributed by atoms with Gasteiger partial charge in [-0.25, -0.2) is 9.34 Å². The van der Waals surface area contributed by atoms with Crippen LogP contribution >= 0.6 is 32.0 Å². The fourth-order valence-electron chi connectivity index (χ4n) is 3.31. The Labute approximate surface area is 237 Å². The van der Waals surface area contributed by atoms with Crippen LogP contribution in [0.15, 0.2) is 0 Å². The zero-order chi connectivity index (χ0) is 28.8. The van der Waals surface area contributed by atoms with Crippen LogP contribution in [0.5, 0.6) is 0 Å². The molecule has 0 unspecified atom stereocenters. The van der Waals surface area contributed by atoms with E-state index < -0.39 is 8.45 Å². The molecule has 0 radical (unpaired) electrons. The van der Waals surface area contributed by atoms with Crippen LogP contribution in [0.3, 0.4) is 0 Å². The third kappa shape index (κ3) is 20.8. The van der Waals surface area contributed by atoms with Gasteiger partial charge in [0.1, 0.15) is 0 Å². The second-order valence-electron chi connectivity index (χ2n) is 9.32. The Morgan fingerprint density at radius 3 is 1.38 bits per heavy atom. The van der Waals surface area contributed by atoms with E-state index in [0.29, 0.717) is 75.8 Å². The number of ether oxygens (including phenoxy) is 2. The molecule has 0 saturated carbocycles. The van der Waals surface area contributed by atoms with Crippen molar-refractivity contribution in [2.24, 2.45) is 0 Å². The lowest BCUT2D eigenvalue weighted by Gasteiger charge is -2.45. The summed E-state index contributed by atoms with van der Waals surface area (Å²) in [5.41, 5.74) is 0. The SMILES string of the molecule is CCC(=O)SCCOCCO.CCC(=O)SCCOCCOP(N(C(C)C)C(C)C)N(C(C)C)C(C)C. The third-order valence-electron chi connectivity index (χ3n) is 4.74. The lowest BCUT2D eigenvalue weighted by Crippen LogP contribution is -2.43. The highest BCUT2D eigenvalue weighted by atomic mass is 32.2. The number of rotatable bonds is 20. The quantitative estimate of drug-likeness (QED) is 0.139. The molecule has 0 aromatic carbocycles. The van der Waals surface area contributed by atoms with Gasteiger partial charge in [0, 0.05) is 48.5 Å². The zero-order valence-electron chi connectivity index (χ0n) is 25.0. The number of carbonyl (C=O) groups is 2. The Kier molecular flexibility index (Phi) is 26.8. The summed E-state index contributed by atoms with van der Waals surface area (Å²) in [5.74, 6) is 1.41. The number of aliphatic hydroxyl groups is 1. The van der Waals surface area contributed by atoms with E-state index in [0.717, 1.165) is 5.75 Å². The minimum absolute atomic E-state index is 0.0480. The molecule has 0 aliphatic carbocycles. The summed E-state index contributed by atoms with van der Waals surface area (Å²) in [6, 6.07) is 1.66. The van der Waals surface area contributed by atoms with Gasteiger partial charge in [0.15, 0.2) is 18.7 Å². The molecule has 8 nitrogen and oxygen atoms in total. The van der Waals surface area contributed by atoms with Crippen LogP contribution in [-0.4, -0.2) is 100.0 Å². The van der Waals surface area contributed by atoms with Gasteiger partial charge in [-0.15, -0.1) is 0 Å². The predicted octanol–water partition coefficient (Wildman–Crippen LogP) is 5.82. The van der Waals surface area contributed by atoms with E-state index in [4.69, 9.17) is 19.1 Å². The standard InChI is InChI=1S/C19H41N2O3PS.C7H14O3S/c1-10-19(22)26-14-13-23-11-12-24-25(20(15(2)3)16(4)5)21(17(6)7)18(8)9;1-2-7(9)11-6-5-10-4-3-8/h15-18H,10-14H2,1-9H3;8H,2-6H2,1H3. The Bertz CT molecular complexity index is 535. The van der Waals surface area contributed by atoms with Gasteiger partial charge in [-0.1, -0.05) is 37.4 Å². The van der Waals surface area contributed by atoms with E-state index in [1.165, 1.54) is 23.5 Å². The average molecular weight is 587 g/mol. The molecule has 0 heterocycles. The maximum absolute atomic E-state index is 11.3. The highest BCUT2D eigenvalue weighted by Crippen LogP contribution is 2.50. The number of carbonyl (C=O) groups excluding carboxylic acids is 2. The molecule has 37 heavy (non-hydrogen) atoms. The van der Waals surface area contributed by atoms with E-state index in [1.54, 1.807) is 0 Å². The first-order valence-corrected chi connectivity index (χ1v) is 16.6. The normalized spacial score (nSPS) is 11.9. The molecule has 0 saturated heterocycles. The summed E-state index contributed by atoms with van der Waals surface area (Å²) in [5, 5.41) is 8.74. The van der Waals surface area contributed by atoms with Crippen LogP contribution in [0.2, 0.25) is 0 Å². The van der Waals surface area contributed by atoms with Gasteiger partial charge in [0.25, 0.3) is 0 Å². The summed E-state index contributed by atoms with van der Waals surface area (Å²) in [6.07, 6.45) is 1.16. The summed E-state index contributed by atoms with van der Waals surface area (Å²) in [6.45, 7) is 24.3. The van der Waals surface area contributed by atoms with Gasteiger partial charge in [0.05, 0.1) is 39.6 Å². The summed E-state index contributed by atoms with van der Waals surface area (Å²) in [4.78, 5) is 22.0. The van der Waals surface area contributed by atoms with Crippen LogP contribution in [0.4, 0.5) is 0 Å². The van der Waals surface area contributed by atoms with Crippen LogP contribution in [0, 0.1) is 0 Å². The molecule has 0 rings (SSSR count). The molecule has 11 heteroatoms. The van der Waals surface area contributed by atoms with Crippen molar-refractivity contribution in [2.75, 3.05) is 51.1 Å². The summed E-state index contributed by atoms with van der Waals surface area (Å²) >= 11 is 2.63. The van der Waals surface area contributed by atoms with Gasteiger partial charge in [-0.05, 0) is 55.4 Å². The molecule has 0 atom stereocenters. The summed E-state index contributed by atoms with van der Waals surface area (Å²) < 4.78 is 21.9. The van der Waals surface area contributed by atoms with Gasteiger partial charge < -0.3 is 19.1 Å².